The second-order valence-corrected chi connectivity index (χ2v) is 9.95. The molecular formula is C27H32N6O3. The average molecular weight is 489 g/mol. The van der Waals surface area contributed by atoms with E-state index in [-0.39, 0.29) is 5.91 Å². The van der Waals surface area contributed by atoms with Crippen LogP contribution in [0.4, 0.5) is 11.8 Å². The number of rotatable bonds is 6. The molecule has 3 aliphatic rings. The van der Waals surface area contributed by atoms with Gasteiger partial charge in [-0.05, 0) is 56.2 Å². The Morgan fingerprint density at radius 2 is 1.67 bits per heavy atom. The van der Waals surface area contributed by atoms with Crippen molar-refractivity contribution in [1.82, 2.24) is 19.9 Å². The largest absolute Gasteiger partial charge is 0.383 e. The van der Waals surface area contributed by atoms with Crippen molar-refractivity contribution in [3.05, 3.63) is 42.2 Å². The molecule has 9 heteroatoms. The number of anilines is 2. The first-order valence-corrected chi connectivity index (χ1v) is 12.9. The topological polar surface area (TPSA) is 115 Å². The zero-order valence-electron chi connectivity index (χ0n) is 20.4. The summed E-state index contributed by atoms with van der Waals surface area (Å²) in [6.45, 7) is 2.40. The summed E-state index contributed by atoms with van der Waals surface area (Å²) in [5, 5.41) is 4.24. The van der Waals surface area contributed by atoms with Gasteiger partial charge in [0.25, 0.3) is 5.91 Å². The van der Waals surface area contributed by atoms with Crippen molar-refractivity contribution in [2.24, 2.45) is 0 Å². The number of nitrogens with two attached hydrogens (primary N) is 1. The molecule has 3 N–H and O–H groups in total. The molecule has 0 radical (unpaired) electrons. The number of hydrogen-bond donors (Lipinski definition) is 2. The second kappa shape index (κ2) is 9.99. The molecular weight excluding hydrogens is 456 g/mol. The number of ether oxygens (including phenoxy) is 2. The van der Waals surface area contributed by atoms with Gasteiger partial charge in [0.1, 0.15) is 5.82 Å². The fourth-order valence-corrected chi connectivity index (χ4v) is 5.06. The number of pyridine rings is 1. The first kappa shape index (κ1) is 23.1. The van der Waals surface area contributed by atoms with Gasteiger partial charge in [0.15, 0.2) is 0 Å². The highest BCUT2D eigenvalue weighted by molar-refractivity contribution is 5.99. The molecule has 1 aromatic carbocycles. The number of carbonyl (C=O) groups excluding carboxylic acids is 1. The van der Waals surface area contributed by atoms with Crippen molar-refractivity contribution in [2.45, 2.75) is 56.8 Å². The molecule has 2 saturated carbocycles. The number of aromatic nitrogens is 3. The van der Waals surface area contributed by atoms with Crippen molar-refractivity contribution < 1.29 is 14.3 Å². The predicted molar refractivity (Wildman–Crippen MR) is 138 cm³/mol. The van der Waals surface area contributed by atoms with Crippen LogP contribution >= 0.6 is 0 Å². The number of hydrogen-bond acceptors (Lipinski definition) is 8. The van der Waals surface area contributed by atoms with E-state index in [1.165, 1.54) is 12.8 Å². The van der Waals surface area contributed by atoms with Crippen molar-refractivity contribution in [3.8, 4) is 11.1 Å². The normalized spacial score (nSPS) is 22.5. The van der Waals surface area contributed by atoms with Gasteiger partial charge in [-0.15, -0.1) is 0 Å². The van der Waals surface area contributed by atoms with Crippen LogP contribution in [-0.4, -0.2) is 70.3 Å². The Bertz CT molecular complexity index is 1230. The monoisotopic (exact) mass is 488 g/mol. The number of fused-ring (bicyclic) bond motifs is 1. The summed E-state index contributed by atoms with van der Waals surface area (Å²) in [4.78, 5) is 28.4. The fourth-order valence-electron chi connectivity index (χ4n) is 5.06. The number of nitrogen functional groups attached to an aromatic ring is 1. The zero-order chi connectivity index (χ0) is 24.5. The van der Waals surface area contributed by atoms with Crippen molar-refractivity contribution in [2.75, 3.05) is 37.4 Å². The van der Waals surface area contributed by atoms with E-state index in [1.54, 1.807) is 12.4 Å². The van der Waals surface area contributed by atoms with Crippen LogP contribution in [0.1, 0.15) is 48.9 Å². The molecule has 9 nitrogen and oxygen atoms in total. The maximum atomic E-state index is 12.8. The highest BCUT2D eigenvalue weighted by Crippen LogP contribution is 2.32. The van der Waals surface area contributed by atoms with Gasteiger partial charge in [-0.3, -0.25) is 4.79 Å². The van der Waals surface area contributed by atoms with Crippen LogP contribution in [0.25, 0.3) is 22.0 Å². The number of nitrogens with one attached hydrogen (secondary N) is 1. The Balaban J connectivity index is 1.20. The summed E-state index contributed by atoms with van der Waals surface area (Å²) < 4.78 is 11.4. The zero-order valence-corrected chi connectivity index (χ0v) is 20.4. The van der Waals surface area contributed by atoms with Crippen LogP contribution in [0.15, 0.2) is 36.7 Å². The standard InChI is InChI=1S/C27H32N6O3/c28-25-23-16-30-27(31-19-5-7-20(8-6-19)36-21-9-10-21)32-24(23)22(15-29-25)17-1-3-18(4-2-17)26(34)33-11-13-35-14-12-33/h1-4,15-16,19-21H,5-14H2,(H2,28,29)(H,30,31,32)/t19-,20-. The summed E-state index contributed by atoms with van der Waals surface area (Å²) >= 11 is 0. The Morgan fingerprint density at radius 3 is 2.36 bits per heavy atom. The molecule has 3 heterocycles. The van der Waals surface area contributed by atoms with Crippen LogP contribution in [0.2, 0.25) is 0 Å². The molecule has 188 valence electrons. The smallest absolute Gasteiger partial charge is 0.254 e. The van der Waals surface area contributed by atoms with E-state index in [0.717, 1.165) is 42.3 Å². The van der Waals surface area contributed by atoms with E-state index < -0.39 is 0 Å². The van der Waals surface area contributed by atoms with Gasteiger partial charge >= 0.3 is 0 Å². The molecule has 6 rings (SSSR count). The van der Waals surface area contributed by atoms with Gasteiger partial charge < -0.3 is 25.4 Å². The van der Waals surface area contributed by atoms with Crippen LogP contribution < -0.4 is 11.1 Å². The highest BCUT2D eigenvalue weighted by atomic mass is 16.5. The van der Waals surface area contributed by atoms with Crippen molar-refractivity contribution >= 4 is 28.6 Å². The number of amides is 1. The van der Waals surface area contributed by atoms with Gasteiger partial charge in [0, 0.05) is 42.7 Å². The first-order valence-electron chi connectivity index (χ1n) is 12.9. The first-order chi connectivity index (χ1) is 17.6. The number of nitrogens with zero attached hydrogens (tertiary/aromatic N) is 4. The van der Waals surface area contributed by atoms with E-state index in [4.69, 9.17) is 20.2 Å². The molecule has 2 aromatic heterocycles. The lowest BCUT2D eigenvalue weighted by atomic mass is 9.93. The lowest BCUT2D eigenvalue weighted by Gasteiger charge is -2.29. The SMILES string of the molecule is Nc1ncc(-c2ccc(C(=O)N3CCOCC3)cc2)c2nc(N[C@H]3CC[C@H](OC4CC4)CC3)ncc12. The Labute approximate surface area is 210 Å². The maximum absolute atomic E-state index is 12.8. The highest BCUT2D eigenvalue weighted by Gasteiger charge is 2.29. The Hall–Kier alpha value is -3.30. The van der Waals surface area contributed by atoms with Crippen LogP contribution in [0.3, 0.4) is 0 Å². The molecule has 0 unspecified atom stereocenters. The van der Waals surface area contributed by atoms with E-state index in [2.05, 4.69) is 15.3 Å². The van der Waals surface area contributed by atoms with Gasteiger partial charge in [-0.1, -0.05) is 12.1 Å². The molecule has 3 aromatic rings. The molecule has 3 fully saturated rings. The summed E-state index contributed by atoms with van der Waals surface area (Å²) in [6.07, 6.45) is 11.1. The van der Waals surface area contributed by atoms with Gasteiger partial charge in [-0.2, -0.15) is 0 Å². The third-order valence-electron chi connectivity index (χ3n) is 7.31. The molecule has 36 heavy (non-hydrogen) atoms. The predicted octanol–water partition coefficient (Wildman–Crippen LogP) is 3.65. The van der Waals surface area contributed by atoms with E-state index in [1.807, 2.05) is 29.2 Å². The minimum absolute atomic E-state index is 0.0243. The summed E-state index contributed by atoms with van der Waals surface area (Å²) in [6, 6.07) is 7.93. The van der Waals surface area contributed by atoms with Gasteiger partial charge in [0.05, 0.1) is 36.3 Å². The molecule has 2 aliphatic carbocycles. The third-order valence-corrected chi connectivity index (χ3v) is 7.31. The second-order valence-electron chi connectivity index (χ2n) is 9.95. The van der Waals surface area contributed by atoms with Gasteiger partial charge in [0.2, 0.25) is 5.95 Å². The van der Waals surface area contributed by atoms with E-state index in [9.17, 15) is 4.79 Å². The molecule has 0 atom stereocenters. The Kier molecular flexibility index (Phi) is 6.41. The number of benzene rings is 1. The maximum Gasteiger partial charge on any atom is 0.254 e. The number of morpholine rings is 1. The molecule has 0 bridgehead atoms. The van der Waals surface area contributed by atoms with E-state index in [0.29, 0.717) is 67.3 Å². The Morgan fingerprint density at radius 1 is 0.972 bits per heavy atom. The van der Waals surface area contributed by atoms with Crippen LogP contribution in [-0.2, 0) is 9.47 Å². The van der Waals surface area contributed by atoms with Crippen molar-refractivity contribution in [3.63, 3.8) is 0 Å². The third kappa shape index (κ3) is 4.99. The van der Waals surface area contributed by atoms with E-state index >= 15 is 0 Å². The van der Waals surface area contributed by atoms with Crippen molar-refractivity contribution in [1.29, 1.82) is 0 Å². The minimum Gasteiger partial charge on any atom is -0.383 e. The van der Waals surface area contributed by atoms with Crippen LogP contribution in [0.5, 0.6) is 0 Å². The fraction of sp³-hybridized carbons (Fsp3) is 0.481. The number of carbonyl (C=O) groups is 1. The van der Waals surface area contributed by atoms with Gasteiger partial charge in [-0.25, -0.2) is 15.0 Å². The molecule has 0 spiro atoms. The lowest BCUT2D eigenvalue weighted by Crippen LogP contribution is -2.40. The lowest BCUT2D eigenvalue weighted by molar-refractivity contribution is 0.0146. The molecule has 1 aliphatic heterocycles. The summed E-state index contributed by atoms with van der Waals surface area (Å²) in [5.41, 5.74) is 9.35. The van der Waals surface area contributed by atoms with Crippen LogP contribution in [0, 0.1) is 0 Å². The summed E-state index contributed by atoms with van der Waals surface area (Å²) in [5.74, 6) is 1.02. The molecule has 1 saturated heterocycles. The average Bonchev–Trinajstić information content (AvgIpc) is 3.74. The molecule has 1 amide bonds. The minimum atomic E-state index is 0.0243. The quantitative estimate of drug-likeness (QED) is 0.540. The summed E-state index contributed by atoms with van der Waals surface area (Å²) in [7, 11) is 0.